The maximum Gasteiger partial charge on any atom is 0.363 e. The molecule has 0 N–H and O–H groups in total. The first kappa shape index (κ1) is 17.4. The molecular formula is C17H12ClN5O3. The lowest BCUT2D eigenvalue weighted by atomic mass is 10.2. The Balaban J connectivity index is 1.94. The van der Waals surface area contributed by atoms with Crippen molar-refractivity contribution in [3.05, 3.63) is 68.6 Å². The number of aryl methyl sites for hydroxylation is 1. The van der Waals surface area contributed by atoms with Gasteiger partial charge in [0.15, 0.2) is 17.7 Å². The molecule has 0 aliphatic rings. The molecule has 0 bridgehead atoms. The Labute approximate surface area is 153 Å². The molecule has 3 aromatic rings. The number of nitriles is 1. The Hall–Kier alpha value is -3.44. The molecule has 0 saturated carbocycles. The van der Waals surface area contributed by atoms with Crippen molar-refractivity contribution in [2.45, 2.75) is 13.8 Å². The first-order valence-electron chi connectivity index (χ1n) is 7.45. The van der Waals surface area contributed by atoms with Crippen LogP contribution >= 0.6 is 11.6 Å². The highest BCUT2D eigenvalue weighted by atomic mass is 35.5. The van der Waals surface area contributed by atoms with Gasteiger partial charge in [-0.3, -0.25) is 0 Å². The van der Waals surface area contributed by atoms with Crippen molar-refractivity contribution >= 4 is 17.4 Å². The lowest BCUT2D eigenvalue weighted by Crippen LogP contribution is -1.99. The number of ether oxygens (including phenoxy) is 1. The van der Waals surface area contributed by atoms with Crippen molar-refractivity contribution in [3.63, 3.8) is 0 Å². The van der Waals surface area contributed by atoms with Gasteiger partial charge in [-0.1, -0.05) is 11.6 Å². The second kappa shape index (κ2) is 6.82. The third-order valence-corrected chi connectivity index (χ3v) is 3.98. The highest BCUT2D eigenvalue weighted by Gasteiger charge is 2.17. The van der Waals surface area contributed by atoms with Gasteiger partial charge in [0.2, 0.25) is 0 Å². The summed E-state index contributed by atoms with van der Waals surface area (Å²) >= 11 is 6.09. The van der Waals surface area contributed by atoms with Crippen LogP contribution < -0.4 is 4.74 Å². The fourth-order valence-electron chi connectivity index (χ4n) is 2.41. The van der Waals surface area contributed by atoms with Crippen LogP contribution in [0.2, 0.25) is 5.02 Å². The molecule has 1 aromatic carbocycles. The molecular weight excluding hydrogens is 358 g/mol. The zero-order valence-corrected chi connectivity index (χ0v) is 14.6. The van der Waals surface area contributed by atoms with Gasteiger partial charge in [0.1, 0.15) is 11.8 Å². The third-order valence-electron chi connectivity index (χ3n) is 3.67. The van der Waals surface area contributed by atoms with E-state index in [4.69, 9.17) is 21.6 Å². The van der Waals surface area contributed by atoms with Gasteiger partial charge in [-0.2, -0.15) is 10.4 Å². The number of hydrogen-bond donors (Lipinski definition) is 0. The second-order valence-corrected chi connectivity index (χ2v) is 5.81. The first-order chi connectivity index (χ1) is 12.4. The molecule has 26 heavy (non-hydrogen) atoms. The average molecular weight is 370 g/mol. The number of rotatable bonds is 4. The molecule has 0 radical (unpaired) electrons. The maximum atomic E-state index is 10.7. The van der Waals surface area contributed by atoms with Crippen molar-refractivity contribution in [1.29, 1.82) is 5.26 Å². The summed E-state index contributed by atoms with van der Waals surface area (Å²) in [6.07, 6.45) is 1.28. The standard InChI is InChI=1S/C17H12ClN5O3/c1-10-17(26-14-5-6-16(20-9-14)23(24)25)11(2)22(21-10)13-4-3-12(8-19)15(18)7-13/h3-7,9H,1-2H3. The van der Waals surface area contributed by atoms with Crippen LogP contribution in [0.3, 0.4) is 0 Å². The van der Waals surface area contributed by atoms with Crippen molar-refractivity contribution < 1.29 is 9.66 Å². The summed E-state index contributed by atoms with van der Waals surface area (Å²) in [5.74, 6) is 0.619. The van der Waals surface area contributed by atoms with Crippen LogP contribution in [-0.2, 0) is 0 Å². The minimum absolute atomic E-state index is 0.256. The fourth-order valence-corrected chi connectivity index (χ4v) is 2.63. The Bertz CT molecular complexity index is 1040. The van der Waals surface area contributed by atoms with Crippen LogP contribution in [-0.4, -0.2) is 19.7 Å². The molecule has 0 aliphatic heterocycles. The minimum atomic E-state index is -0.576. The molecule has 2 aromatic heterocycles. The topological polar surface area (TPSA) is 107 Å². The van der Waals surface area contributed by atoms with E-state index in [1.54, 1.807) is 29.8 Å². The van der Waals surface area contributed by atoms with E-state index in [1.165, 1.54) is 18.3 Å². The lowest BCUT2D eigenvalue weighted by molar-refractivity contribution is -0.389. The van der Waals surface area contributed by atoms with Crippen LogP contribution in [0.25, 0.3) is 5.69 Å². The number of pyridine rings is 1. The van der Waals surface area contributed by atoms with Gasteiger partial charge in [0.25, 0.3) is 0 Å². The van der Waals surface area contributed by atoms with Crippen molar-refractivity contribution in [2.24, 2.45) is 0 Å². The summed E-state index contributed by atoms with van der Waals surface area (Å²) in [6, 6.07) is 9.76. The van der Waals surface area contributed by atoms with Gasteiger partial charge in [-0.15, -0.1) is 0 Å². The summed E-state index contributed by atoms with van der Waals surface area (Å²) < 4.78 is 7.45. The molecule has 0 atom stereocenters. The first-order valence-corrected chi connectivity index (χ1v) is 7.83. The Morgan fingerprint density at radius 2 is 2.08 bits per heavy atom. The fraction of sp³-hybridized carbons (Fsp3) is 0.118. The molecule has 0 unspecified atom stereocenters. The van der Waals surface area contributed by atoms with Crippen LogP contribution in [0.15, 0.2) is 36.5 Å². The lowest BCUT2D eigenvalue weighted by Gasteiger charge is -2.07. The summed E-state index contributed by atoms with van der Waals surface area (Å²) in [7, 11) is 0. The Morgan fingerprint density at radius 1 is 1.31 bits per heavy atom. The quantitative estimate of drug-likeness (QED) is 0.506. The molecule has 3 rings (SSSR count). The van der Waals surface area contributed by atoms with Crippen LogP contribution in [0.4, 0.5) is 5.82 Å². The van der Waals surface area contributed by atoms with E-state index in [0.717, 1.165) is 0 Å². The van der Waals surface area contributed by atoms with Crippen molar-refractivity contribution in [3.8, 4) is 23.3 Å². The van der Waals surface area contributed by atoms with Crippen molar-refractivity contribution in [1.82, 2.24) is 14.8 Å². The van der Waals surface area contributed by atoms with Crippen LogP contribution in [0.1, 0.15) is 17.0 Å². The molecule has 0 amide bonds. The number of nitrogens with zero attached hydrogens (tertiary/aromatic N) is 5. The van der Waals surface area contributed by atoms with Gasteiger partial charge in [0.05, 0.1) is 22.0 Å². The smallest absolute Gasteiger partial charge is 0.363 e. The summed E-state index contributed by atoms with van der Waals surface area (Å²) in [6.45, 7) is 3.60. The molecule has 130 valence electrons. The van der Waals surface area contributed by atoms with E-state index in [-0.39, 0.29) is 5.82 Å². The molecule has 0 fully saturated rings. The number of benzene rings is 1. The monoisotopic (exact) mass is 369 g/mol. The minimum Gasteiger partial charge on any atom is -0.449 e. The van der Waals surface area contributed by atoms with E-state index >= 15 is 0 Å². The molecule has 0 saturated heterocycles. The maximum absolute atomic E-state index is 10.7. The molecule has 9 heteroatoms. The summed E-state index contributed by atoms with van der Waals surface area (Å²) in [5, 5.41) is 24.4. The predicted molar refractivity (Wildman–Crippen MR) is 93.7 cm³/mol. The summed E-state index contributed by atoms with van der Waals surface area (Å²) in [5.41, 5.74) is 2.40. The van der Waals surface area contributed by atoms with E-state index in [9.17, 15) is 10.1 Å². The summed E-state index contributed by atoms with van der Waals surface area (Å²) in [4.78, 5) is 13.8. The zero-order chi connectivity index (χ0) is 18.8. The predicted octanol–water partition coefficient (Wildman–Crippen LogP) is 4.11. The molecule has 0 spiro atoms. The number of nitro groups is 1. The Morgan fingerprint density at radius 3 is 2.65 bits per heavy atom. The van der Waals surface area contributed by atoms with Gasteiger partial charge in [-0.25, -0.2) is 4.68 Å². The highest BCUT2D eigenvalue weighted by Crippen LogP contribution is 2.31. The van der Waals surface area contributed by atoms with Gasteiger partial charge < -0.3 is 14.9 Å². The van der Waals surface area contributed by atoms with Crippen LogP contribution in [0.5, 0.6) is 11.5 Å². The SMILES string of the molecule is Cc1nn(-c2ccc(C#N)c(Cl)c2)c(C)c1Oc1ccc([N+](=O)[O-])nc1. The third kappa shape index (κ3) is 3.20. The molecule has 8 nitrogen and oxygen atoms in total. The highest BCUT2D eigenvalue weighted by molar-refractivity contribution is 6.31. The van der Waals surface area contributed by atoms with E-state index in [2.05, 4.69) is 10.1 Å². The molecule has 2 heterocycles. The van der Waals surface area contributed by atoms with Gasteiger partial charge in [0, 0.05) is 6.07 Å². The van der Waals surface area contributed by atoms with Crippen molar-refractivity contribution in [2.75, 3.05) is 0 Å². The zero-order valence-electron chi connectivity index (χ0n) is 13.8. The average Bonchev–Trinajstić information content (AvgIpc) is 2.90. The number of halogens is 1. The number of aromatic nitrogens is 3. The normalized spacial score (nSPS) is 10.4. The van der Waals surface area contributed by atoms with E-state index < -0.39 is 4.92 Å². The van der Waals surface area contributed by atoms with E-state index in [1.807, 2.05) is 13.0 Å². The largest absolute Gasteiger partial charge is 0.449 e. The number of hydrogen-bond acceptors (Lipinski definition) is 6. The Kier molecular flexibility index (Phi) is 4.56. The second-order valence-electron chi connectivity index (χ2n) is 5.40. The molecule has 0 aliphatic carbocycles. The van der Waals surface area contributed by atoms with Gasteiger partial charge >= 0.3 is 5.82 Å². The van der Waals surface area contributed by atoms with E-state index in [0.29, 0.717) is 39.2 Å². The van der Waals surface area contributed by atoms with Crippen LogP contribution in [0, 0.1) is 35.3 Å². The van der Waals surface area contributed by atoms with Gasteiger partial charge in [-0.05, 0) is 48.0 Å².